The average molecular weight is 271 g/mol. The van der Waals surface area contributed by atoms with Gasteiger partial charge in [-0.25, -0.2) is 0 Å². The zero-order valence-corrected chi connectivity index (χ0v) is 11.6. The third kappa shape index (κ3) is 1.83. The van der Waals surface area contributed by atoms with Gasteiger partial charge in [0.25, 0.3) is 0 Å². The van der Waals surface area contributed by atoms with Crippen molar-refractivity contribution in [2.24, 2.45) is 17.8 Å². The van der Waals surface area contributed by atoms with Gasteiger partial charge in [-0.1, -0.05) is 19.1 Å². The number of hydrogen-bond donors (Lipinski definition) is 0. The number of amides is 2. The van der Waals surface area contributed by atoms with Gasteiger partial charge in [-0.05, 0) is 36.6 Å². The quantitative estimate of drug-likeness (QED) is 0.613. The van der Waals surface area contributed by atoms with Crippen molar-refractivity contribution in [3.8, 4) is 5.75 Å². The lowest BCUT2D eigenvalue weighted by atomic mass is 9.78. The van der Waals surface area contributed by atoms with Gasteiger partial charge in [0.2, 0.25) is 11.8 Å². The maximum atomic E-state index is 12.6. The van der Waals surface area contributed by atoms with Crippen LogP contribution in [0.15, 0.2) is 36.4 Å². The predicted molar refractivity (Wildman–Crippen MR) is 75.4 cm³/mol. The highest BCUT2D eigenvalue weighted by Gasteiger charge is 2.50. The number of nitrogens with zero attached hydrogens (tertiary/aromatic N) is 1. The molecule has 104 valence electrons. The van der Waals surface area contributed by atoms with Gasteiger partial charge in [-0.2, -0.15) is 0 Å². The normalized spacial score (nSPS) is 28.7. The van der Waals surface area contributed by atoms with E-state index in [0.717, 1.165) is 0 Å². The molecule has 2 amide bonds. The molecule has 1 saturated heterocycles. The Labute approximate surface area is 118 Å². The first-order valence-corrected chi connectivity index (χ1v) is 6.82. The number of carbonyl (C=O) groups is 2. The van der Waals surface area contributed by atoms with E-state index in [1.165, 1.54) is 4.90 Å². The summed E-state index contributed by atoms with van der Waals surface area (Å²) in [5.41, 5.74) is 0.627. The van der Waals surface area contributed by atoms with E-state index >= 15 is 0 Å². The Kier molecular flexibility index (Phi) is 3.08. The molecule has 1 heterocycles. The Balaban J connectivity index is 1.94. The summed E-state index contributed by atoms with van der Waals surface area (Å²) in [7, 11) is 1.59. The molecular formula is C16H17NO3. The number of rotatable bonds is 2. The van der Waals surface area contributed by atoms with Crippen molar-refractivity contribution in [2.45, 2.75) is 13.3 Å². The first-order valence-electron chi connectivity index (χ1n) is 6.82. The van der Waals surface area contributed by atoms with Crippen LogP contribution in [0, 0.1) is 17.8 Å². The first kappa shape index (κ1) is 12.9. The van der Waals surface area contributed by atoms with Gasteiger partial charge in [-0.3, -0.25) is 14.5 Å². The van der Waals surface area contributed by atoms with Crippen molar-refractivity contribution >= 4 is 17.5 Å². The molecule has 1 aliphatic heterocycles. The third-order valence-corrected chi connectivity index (χ3v) is 4.20. The van der Waals surface area contributed by atoms with Gasteiger partial charge < -0.3 is 4.74 Å². The van der Waals surface area contributed by atoms with Crippen molar-refractivity contribution in [2.75, 3.05) is 12.0 Å². The molecule has 0 unspecified atom stereocenters. The average Bonchev–Trinajstić information content (AvgIpc) is 2.72. The molecule has 4 heteroatoms. The second-order valence-electron chi connectivity index (χ2n) is 5.37. The lowest BCUT2D eigenvalue weighted by Gasteiger charge is -2.22. The summed E-state index contributed by atoms with van der Waals surface area (Å²) in [5.74, 6) is 0.247. The van der Waals surface area contributed by atoms with Crippen LogP contribution < -0.4 is 9.64 Å². The minimum atomic E-state index is -0.213. The van der Waals surface area contributed by atoms with Crippen LogP contribution in [0.3, 0.4) is 0 Å². The molecule has 0 bridgehead atoms. The van der Waals surface area contributed by atoms with Crippen molar-refractivity contribution in [3.63, 3.8) is 0 Å². The molecule has 1 aliphatic carbocycles. The molecule has 0 spiro atoms. The first-order chi connectivity index (χ1) is 9.63. The molecular weight excluding hydrogens is 254 g/mol. The van der Waals surface area contributed by atoms with E-state index in [4.69, 9.17) is 4.74 Å². The number of allylic oxidation sites excluding steroid dienone is 2. The lowest BCUT2D eigenvalue weighted by Crippen LogP contribution is -2.31. The molecule has 2 aliphatic rings. The number of ether oxygens (including phenoxy) is 1. The molecule has 4 nitrogen and oxygen atoms in total. The maximum Gasteiger partial charge on any atom is 0.238 e. The summed E-state index contributed by atoms with van der Waals surface area (Å²) in [6.07, 6.45) is 4.70. The molecule has 0 aromatic heterocycles. The van der Waals surface area contributed by atoms with Crippen molar-refractivity contribution < 1.29 is 14.3 Å². The summed E-state index contributed by atoms with van der Waals surface area (Å²) in [6.45, 7) is 2.00. The van der Waals surface area contributed by atoms with Gasteiger partial charge >= 0.3 is 0 Å². The highest BCUT2D eigenvalue weighted by molar-refractivity contribution is 6.22. The van der Waals surface area contributed by atoms with Gasteiger partial charge in [0, 0.05) is 0 Å². The molecule has 3 rings (SSSR count). The van der Waals surface area contributed by atoms with Crippen LogP contribution in [0.2, 0.25) is 0 Å². The Morgan fingerprint density at radius 1 is 1.15 bits per heavy atom. The van der Waals surface area contributed by atoms with E-state index in [-0.39, 0.29) is 29.6 Å². The number of carbonyl (C=O) groups excluding carboxylic acids is 2. The SMILES string of the molecule is COc1ccc(N2C(=O)[C@@H]3[C@H](C)C=CC[C@H]3C2=O)cc1. The van der Waals surface area contributed by atoms with Crippen LogP contribution in [0.5, 0.6) is 5.75 Å². The zero-order chi connectivity index (χ0) is 14.3. The highest BCUT2D eigenvalue weighted by Crippen LogP contribution is 2.40. The summed E-state index contributed by atoms with van der Waals surface area (Å²) >= 11 is 0. The van der Waals surface area contributed by atoms with Crippen LogP contribution in [0.4, 0.5) is 5.69 Å². The van der Waals surface area contributed by atoms with Crippen molar-refractivity contribution in [1.82, 2.24) is 0 Å². The molecule has 1 aromatic carbocycles. The number of fused-ring (bicyclic) bond motifs is 1. The molecule has 0 N–H and O–H groups in total. The smallest absolute Gasteiger partial charge is 0.238 e. The maximum absolute atomic E-state index is 12.6. The fourth-order valence-corrected chi connectivity index (χ4v) is 3.13. The standard InChI is InChI=1S/C16H17NO3/c1-10-4-3-5-13-14(10)16(19)17(15(13)18)11-6-8-12(20-2)9-7-11/h3-4,6-10,13-14H,5H2,1-2H3/t10-,13-,14-/m1/s1. The summed E-state index contributed by atoms with van der Waals surface area (Å²) in [4.78, 5) is 26.4. The Morgan fingerprint density at radius 3 is 2.45 bits per heavy atom. The fourth-order valence-electron chi connectivity index (χ4n) is 3.13. The summed E-state index contributed by atoms with van der Waals surface area (Å²) in [5, 5.41) is 0. The van der Waals surface area contributed by atoms with Crippen LogP contribution in [0.25, 0.3) is 0 Å². The zero-order valence-electron chi connectivity index (χ0n) is 11.6. The van der Waals surface area contributed by atoms with Gasteiger partial charge in [-0.15, -0.1) is 0 Å². The third-order valence-electron chi connectivity index (χ3n) is 4.20. The summed E-state index contributed by atoms with van der Waals surface area (Å²) < 4.78 is 5.10. The molecule has 3 atom stereocenters. The van der Waals surface area contributed by atoms with Crippen LogP contribution in [0.1, 0.15) is 13.3 Å². The van der Waals surface area contributed by atoms with Gasteiger partial charge in [0.1, 0.15) is 5.75 Å². The fraction of sp³-hybridized carbons (Fsp3) is 0.375. The van der Waals surface area contributed by atoms with E-state index in [0.29, 0.717) is 17.9 Å². The van der Waals surface area contributed by atoms with Crippen LogP contribution in [-0.2, 0) is 9.59 Å². The van der Waals surface area contributed by atoms with E-state index in [2.05, 4.69) is 0 Å². The lowest BCUT2D eigenvalue weighted by molar-refractivity contribution is -0.122. The second kappa shape index (κ2) is 4.78. The minimum absolute atomic E-state index is 0.0815. The van der Waals surface area contributed by atoms with E-state index in [1.54, 1.807) is 31.4 Å². The second-order valence-corrected chi connectivity index (χ2v) is 5.37. The Bertz CT molecular complexity index is 576. The number of benzene rings is 1. The molecule has 1 aromatic rings. The minimum Gasteiger partial charge on any atom is -0.497 e. The highest BCUT2D eigenvalue weighted by atomic mass is 16.5. The molecule has 1 fully saturated rings. The number of methoxy groups -OCH3 is 1. The number of hydrogen-bond acceptors (Lipinski definition) is 3. The van der Waals surface area contributed by atoms with E-state index in [9.17, 15) is 9.59 Å². The molecule has 20 heavy (non-hydrogen) atoms. The Morgan fingerprint density at radius 2 is 1.85 bits per heavy atom. The van der Waals surface area contributed by atoms with Gasteiger partial charge in [0.05, 0.1) is 24.6 Å². The molecule has 0 radical (unpaired) electrons. The summed E-state index contributed by atoms with van der Waals surface area (Å²) in [6, 6.07) is 7.03. The number of imide groups is 1. The van der Waals surface area contributed by atoms with Crippen LogP contribution in [-0.4, -0.2) is 18.9 Å². The van der Waals surface area contributed by atoms with E-state index < -0.39 is 0 Å². The number of anilines is 1. The van der Waals surface area contributed by atoms with Crippen LogP contribution >= 0.6 is 0 Å². The Hall–Kier alpha value is -2.10. The predicted octanol–water partition coefficient (Wildman–Crippen LogP) is 2.40. The van der Waals surface area contributed by atoms with Crippen molar-refractivity contribution in [3.05, 3.63) is 36.4 Å². The van der Waals surface area contributed by atoms with Crippen molar-refractivity contribution in [1.29, 1.82) is 0 Å². The van der Waals surface area contributed by atoms with E-state index in [1.807, 2.05) is 19.1 Å². The largest absolute Gasteiger partial charge is 0.497 e. The monoisotopic (exact) mass is 271 g/mol. The topological polar surface area (TPSA) is 46.6 Å². The molecule has 0 saturated carbocycles. The van der Waals surface area contributed by atoms with Gasteiger partial charge in [0.15, 0.2) is 0 Å².